The molecule has 0 aromatic heterocycles. The Kier molecular flexibility index (Phi) is 4.62. The molecule has 1 aliphatic carbocycles. The summed E-state index contributed by atoms with van der Waals surface area (Å²) < 4.78 is 0.923. The van der Waals surface area contributed by atoms with Crippen molar-refractivity contribution in [3.63, 3.8) is 0 Å². The number of anilines is 1. The molecule has 0 bridgehead atoms. The van der Waals surface area contributed by atoms with Crippen LogP contribution in [0.25, 0.3) is 0 Å². The van der Waals surface area contributed by atoms with Crippen LogP contribution >= 0.6 is 15.9 Å². The van der Waals surface area contributed by atoms with E-state index in [1.54, 1.807) is 6.07 Å². The first kappa shape index (κ1) is 17.0. The number of carbonyl (C=O) groups is 3. The number of hydrogen-bond donors (Lipinski definition) is 2. The number of urea groups is 1. The maximum Gasteiger partial charge on any atom is 0.325 e. The Morgan fingerprint density at radius 2 is 2.00 bits per heavy atom. The van der Waals surface area contributed by atoms with E-state index in [0.717, 1.165) is 34.2 Å². The molecule has 1 spiro atoms. The first-order chi connectivity index (χ1) is 11.4. The summed E-state index contributed by atoms with van der Waals surface area (Å²) >= 11 is 3.37. The molecular weight excluding hydrogens is 374 g/mol. The van der Waals surface area contributed by atoms with Crippen LogP contribution in [0.4, 0.5) is 10.5 Å². The molecule has 128 valence electrons. The molecule has 4 amide bonds. The third-order valence-corrected chi connectivity index (χ3v) is 5.21. The van der Waals surface area contributed by atoms with Crippen molar-refractivity contribution in [2.75, 3.05) is 11.9 Å². The van der Waals surface area contributed by atoms with Crippen LogP contribution in [0.2, 0.25) is 0 Å². The topological polar surface area (TPSA) is 78.5 Å². The SMILES string of the molecule is Cc1cc(Br)ccc1NC(=O)CN1C(=O)NC2(CCCCC2)C1=O. The molecule has 7 heteroatoms. The van der Waals surface area contributed by atoms with Gasteiger partial charge in [-0.25, -0.2) is 4.79 Å². The molecule has 0 atom stereocenters. The molecule has 0 unspecified atom stereocenters. The van der Waals surface area contributed by atoms with E-state index in [1.807, 2.05) is 19.1 Å². The summed E-state index contributed by atoms with van der Waals surface area (Å²) in [5, 5.41) is 5.57. The van der Waals surface area contributed by atoms with Crippen molar-refractivity contribution in [1.29, 1.82) is 0 Å². The molecule has 2 fully saturated rings. The molecule has 3 rings (SSSR count). The van der Waals surface area contributed by atoms with Crippen molar-refractivity contribution in [2.24, 2.45) is 0 Å². The summed E-state index contributed by atoms with van der Waals surface area (Å²) in [5.74, 6) is -0.647. The number of nitrogens with one attached hydrogen (secondary N) is 2. The van der Waals surface area contributed by atoms with Gasteiger partial charge in [0.2, 0.25) is 5.91 Å². The second-order valence-corrected chi connectivity index (χ2v) is 7.39. The highest BCUT2D eigenvalue weighted by Gasteiger charge is 2.51. The van der Waals surface area contributed by atoms with Crippen molar-refractivity contribution >= 4 is 39.5 Å². The van der Waals surface area contributed by atoms with Gasteiger partial charge in [0.15, 0.2) is 0 Å². The minimum atomic E-state index is -0.789. The summed E-state index contributed by atoms with van der Waals surface area (Å²) in [7, 11) is 0. The molecule has 2 N–H and O–H groups in total. The molecule has 2 aliphatic rings. The Morgan fingerprint density at radius 3 is 2.67 bits per heavy atom. The lowest BCUT2D eigenvalue weighted by molar-refractivity contribution is -0.134. The van der Waals surface area contributed by atoms with Crippen LogP contribution in [0.1, 0.15) is 37.7 Å². The van der Waals surface area contributed by atoms with Gasteiger partial charge in [0, 0.05) is 10.2 Å². The average Bonchev–Trinajstić information content (AvgIpc) is 2.75. The molecule has 1 aromatic carbocycles. The summed E-state index contributed by atoms with van der Waals surface area (Å²) in [5.41, 5.74) is 0.782. The fraction of sp³-hybridized carbons (Fsp3) is 0.471. The lowest BCUT2D eigenvalue weighted by atomic mass is 9.82. The Bertz CT molecular complexity index is 698. The number of carbonyl (C=O) groups excluding carboxylic acids is 3. The largest absolute Gasteiger partial charge is 0.325 e. The van der Waals surface area contributed by atoms with Gasteiger partial charge in [0.25, 0.3) is 5.91 Å². The van der Waals surface area contributed by atoms with E-state index in [2.05, 4.69) is 26.6 Å². The Morgan fingerprint density at radius 1 is 1.29 bits per heavy atom. The van der Waals surface area contributed by atoms with Gasteiger partial charge in [-0.05, 0) is 43.5 Å². The Hall–Kier alpha value is -1.89. The lowest BCUT2D eigenvalue weighted by Crippen LogP contribution is -2.48. The monoisotopic (exact) mass is 393 g/mol. The molecule has 1 aliphatic heterocycles. The van der Waals surface area contributed by atoms with E-state index >= 15 is 0 Å². The minimum absolute atomic E-state index is 0.262. The van der Waals surface area contributed by atoms with Crippen LogP contribution in [0.3, 0.4) is 0 Å². The maximum absolute atomic E-state index is 12.6. The van der Waals surface area contributed by atoms with E-state index in [4.69, 9.17) is 0 Å². The zero-order chi connectivity index (χ0) is 17.3. The van der Waals surface area contributed by atoms with Crippen molar-refractivity contribution < 1.29 is 14.4 Å². The van der Waals surface area contributed by atoms with Gasteiger partial charge in [-0.2, -0.15) is 0 Å². The first-order valence-electron chi connectivity index (χ1n) is 8.11. The van der Waals surface area contributed by atoms with Crippen molar-refractivity contribution in [1.82, 2.24) is 10.2 Å². The van der Waals surface area contributed by atoms with Gasteiger partial charge >= 0.3 is 6.03 Å². The number of hydrogen-bond acceptors (Lipinski definition) is 3. The van der Waals surface area contributed by atoms with Gasteiger partial charge in [0.1, 0.15) is 12.1 Å². The quantitative estimate of drug-likeness (QED) is 0.774. The lowest BCUT2D eigenvalue weighted by Gasteiger charge is -2.30. The maximum atomic E-state index is 12.6. The van der Waals surface area contributed by atoms with Gasteiger partial charge in [-0.15, -0.1) is 0 Å². The number of nitrogens with zero attached hydrogens (tertiary/aromatic N) is 1. The predicted molar refractivity (Wildman–Crippen MR) is 93.6 cm³/mol. The third-order valence-electron chi connectivity index (χ3n) is 4.72. The van der Waals surface area contributed by atoms with Gasteiger partial charge in [-0.3, -0.25) is 14.5 Å². The van der Waals surface area contributed by atoms with Gasteiger partial charge in [0.05, 0.1) is 0 Å². The van der Waals surface area contributed by atoms with Crippen LogP contribution in [0.5, 0.6) is 0 Å². The van der Waals surface area contributed by atoms with Crippen molar-refractivity contribution in [3.05, 3.63) is 28.2 Å². The zero-order valence-corrected chi connectivity index (χ0v) is 15.1. The molecular formula is C17H20BrN3O3. The van der Waals surface area contributed by atoms with E-state index < -0.39 is 11.6 Å². The van der Waals surface area contributed by atoms with E-state index in [9.17, 15) is 14.4 Å². The number of benzene rings is 1. The molecule has 1 aromatic rings. The summed E-state index contributed by atoms with van der Waals surface area (Å²) in [6, 6.07) is 5.03. The van der Waals surface area contributed by atoms with Crippen LogP contribution in [-0.2, 0) is 9.59 Å². The molecule has 24 heavy (non-hydrogen) atoms. The standard InChI is InChI=1S/C17H20BrN3O3/c1-11-9-12(18)5-6-13(11)19-14(22)10-21-15(23)17(20-16(21)24)7-3-2-4-8-17/h5-6,9H,2-4,7-8,10H2,1H3,(H,19,22)(H,20,24). The highest BCUT2D eigenvalue weighted by molar-refractivity contribution is 9.10. The fourth-order valence-corrected chi connectivity index (χ4v) is 3.89. The Labute approximate surface area is 149 Å². The molecule has 1 saturated heterocycles. The minimum Gasteiger partial charge on any atom is -0.324 e. The number of rotatable bonds is 3. The second kappa shape index (κ2) is 6.55. The van der Waals surface area contributed by atoms with Crippen LogP contribution < -0.4 is 10.6 Å². The second-order valence-electron chi connectivity index (χ2n) is 6.47. The number of halogens is 1. The molecule has 0 radical (unpaired) electrons. The first-order valence-corrected chi connectivity index (χ1v) is 8.91. The highest BCUT2D eigenvalue weighted by Crippen LogP contribution is 2.33. The normalized spacial score (nSPS) is 19.5. The van der Waals surface area contributed by atoms with Gasteiger partial charge in [-0.1, -0.05) is 35.2 Å². The summed E-state index contributed by atoms with van der Waals surface area (Å²) in [4.78, 5) is 38.1. The van der Waals surface area contributed by atoms with Gasteiger partial charge < -0.3 is 10.6 Å². The fourth-order valence-electron chi connectivity index (χ4n) is 3.41. The van der Waals surface area contributed by atoms with E-state index in [0.29, 0.717) is 18.5 Å². The predicted octanol–water partition coefficient (Wildman–Crippen LogP) is 2.95. The Balaban J connectivity index is 1.68. The zero-order valence-electron chi connectivity index (χ0n) is 13.5. The van der Waals surface area contributed by atoms with Crippen LogP contribution in [0.15, 0.2) is 22.7 Å². The molecule has 1 heterocycles. The smallest absolute Gasteiger partial charge is 0.324 e. The van der Waals surface area contributed by atoms with Crippen LogP contribution in [-0.4, -0.2) is 34.8 Å². The van der Waals surface area contributed by atoms with Crippen LogP contribution in [0, 0.1) is 6.92 Å². The summed E-state index contributed by atoms with van der Waals surface area (Å²) in [6.45, 7) is 1.62. The molecule has 6 nitrogen and oxygen atoms in total. The number of aryl methyl sites for hydroxylation is 1. The number of imide groups is 1. The highest BCUT2D eigenvalue weighted by atomic mass is 79.9. The third kappa shape index (κ3) is 3.17. The van der Waals surface area contributed by atoms with Crippen molar-refractivity contribution in [2.45, 2.75) is 44.6 Å². The number of amides is 4. The molecule has 1 saturated carbocycles. The summed E-state index contributed by atoms with van der Waals surface area (Å²) in [6.07, 6.45) is 4.23. The van der Waals surface area contributed by atoms with Crippen molar-refractivity contribution in [3.8, 4) is 0 Å². The average molecular weight is 394 g/mol. The van der Waals surface area contributed by atoms with E-state index in [-0.39, 0.29) is 18.4 Å². The van der Waals surface area contributed by atoms with E-state index in [1.165, 1.54) is 0 Å².